The summed E-state index contributed by atoms with van der Waals surface area (Å²) in [6, 6.07) is 12.6. The molecule has 4 rings (SSSR count). The fourth-order valence-corrected chi connectivity index (χ4v) is 5.66. The fourth-order valence-electron chi connectivity index (χ4n) is 3.16. The van der Waals surface area contributed by atoms with Crippen LogP contribution in [-0.4, -0.2) is 30.3 Å². The van der Waals surface area contributed by atoms with Crippen LogP contribution in [0.1, 0.15) is 16.1 Å². The molecule has 164 valence electrons. The molecule has 0 bridgehead atoms. The van der Waals surface area contributed by atoms with E-state index in [0.29, 0.717) is 16.4 Å². The van der Waals surface area contributed by atoms with E-state index in [9.17, 15) is 13.2 Å². The molecular formula is C22H19ClN4O3S2. The molecule has 4 aromatic rings. The third-order valence-electron chi connectivity index (χ3n) is 4.67. The summed E-state index contributed by atoms with van der Waals surface area (Å²) in [6.07, 6.45) is 5.21. The number of imidazole rings is 1. The van der Waals surface area contributed by atoms with Crippen LogP contribution in [-0.2, 0) is 16.6 Å². The summed E-state index contributed by atoms with van der Waals surface area (Å²) in [6.45, 7) is 3.91. The molecule has 1 amide bonds. The van der Waals surface area contributed by atoms with Crippen molar-refractivity contribution >= 4 is 49.5 Å². The summed E-state index contributed by atoms with van der Waals surface area (Å²) in [5, 5.41) is 5.01. The maximum absolute atomic E-state index is 13.4. The predicted octanol–water partition coefficient (Wildman–Crippen LogP) is 4.36. The van der Waals surface area contributed by atoms with E-state index in [1.54, 1.807) is 30.3 Å². The third-order valence-corrected chi connectivity index (χ3v) is 7.54. The Morgan fingerprint density at radius 1 is 1.25 bits per heavy atom. The number of rotatable bonds is 8. The summed E-state index contributed by atoms with van der Waals surface area (Å²) < 4.78 is 29.8. The van der Waals surface area contributed by atoms with E-state index in [1.807, 2.05) is 22.2 Å². The Labute approximate surface area is 194 Å². The number of nitrogens with zero attached hydrogens (tertiary/aromatic N) is 3. The van der Waals surface area contributed by atoms with Crippen LogP contribution in [0, 0.1) is 0 Å². The standard InChI is InChI=1S/C22H19ClN4O3S2/c1-2-10-27(20-9-4-3-8-19(20)23)32(29,30)18-7-5-6-16(13-18)21(28)24-14-17-15-26-11-12-31-22(26)25-17/h2-9,11-13,15H,1,10,14H2,(H,24,28). The molecule has 0 saturated carbocycles. The highest BCUT2D eigenvalue weighted by Crippen LogP contribution is 2.30. The lowest BCUT2D eigenvalue weighted by Gasteiger charge is -2.24. The zero-order valence-corrected chi connectivity index (χ0v) is 19.2. The highest BCUT2D eigenvalue weighted by atomic mass is 35.5. The molecule has 0 aliphatic heterocycles. The maximum Gasteiger partial charge on any atom is 0.264 e. The Hall–Kier alpha value is -3.14. The van der Waals surface area contributed by atoms with E-state index in [-0.39, 0.29) is 23.5 Å². The van der Waals surface area contributed by atoms with E-state index in [0.717, 1.165) is 9.27 Å². The summed E-state index contributed by atoms with van der Waals surface area (Å²) in [5.74, 6) is -0.397. The van der Waals surface area contributed by atoms with Gasteiger partial charge in [0.15, 0.2) is 4.96 Å². The molecule has 2 heterocycles. The second-order valence-electron chi connectivity index (χ2n) is 6.81. The third kappa shape index (κ3) is 4.40. The van der Waals surface area contributed by atoms with Crippen LogP contribution in [0.3, 0.4) is 0 Å². The van der Waals surface area contributed by atoms with Gasteiger partial charge in [0.2, 0.25) is 0 Å². The molecule has 2 aromatic carbocycles. The average molecular weight is 487 g/mol. The van der Waals surface area contributed by atoms with E-state index in [1.165, 1.54) is 35.6 Å². The molecule has 0 spiro atoms. The van der Waals surface area contributed by atoms with Gasteiger partial charge in [0, 0.05) is 23.3 Å². The summed E-state index contributed by atoms with van der Waals surface area (Å²) >= 11 is 7.74. The number of thiazole rings is 1. The molecule has 7 nitrogen and oxygen atoms in total. The van der Waals surface area contributed by atoms with Crippen molar-refractivity contribution in [3.05, 3.63) is 95.2 Å². The van der Waals surface area contributed by atoms with Crippen molar-refractivity contribution in [3.63, 3.8) is 0 Å². The lowest BCUT2D eigenvalue weighted by Crippen LogP contribution is -2.31. The highest BCUT2D eigenvalue weighted by Gasteiger charge is 2.26. The molecule has 1 N–H and O–H groups in total. The number of benzene rings is 2. The van der Waals surface area contributed by atoms with Crippen molar-refractivity contribution in [3.8, 4) is 0 Å². The monoisotopic (exact) mass is 486 g/mol. The van der Waals surface area contributed by atoms with Crippen molar-refractivity contribution in [1.29, 1.82) is 0 Å². The first-order valence-electron chi connectivity index (χ1n) is 9.57. The minimum absolute atomic E-state index is 0.0191. The topological polar surface area (TPSA) is 83.8 Å². The number of hydrogen-bond donors (Lipinski definition) is 1. The Balaban J connectivity index is 1.57. The first-order chi connectivity index (χ1) is 15.4. The van der Waals surface area contributed by atoms with Gasteiger partial charge in [-0.3, -0.25) is 13.5 Å². The number of aromatic nitrogens is 2. The number of carbonyl (C=O) groups is 1. The second kappa shape index (κ2) is 9.15. The van der Waals surface area contributed by atoms with Gasteiger partial charge in [0.1, 0.15) is 0 Å². The normalized spacial score (nSPS) is 11.4. The molecule has 0 unspecified atom stereocenters. The molecule has 0 aliphatic rings. The molecule has 32 heavy (non-hydrogen) atoms. The number of para-hydroxylation sites is 1. The minimum atomic E-state index is -3.99. The van der Waals surface area contributed by atoms with Crippen LogP contribution in [0.5, 0.6) is 0 Å². The molecule has 0 atom stereocenters. The van der Waals surface area contributed by atoms with E-state index < -0.39 is 15.9 Å². The lowest BCUT2D eigenvalue weighted by molar-refractivity contribution is 0.0950. The predicted molar refractivity (Wildman–Crippen MR) is 127 cm³/mol. The number of hydrogen-bond acceptors (Lipinski definition) is 5. The van der Waals surface area contributed by atoms with E-state index >= 15 is 0 Å². The summed E-state index contributed by atoms with van der Waals surface area (Å²) in [4.78, 5) is 17.9. The number of fused-ring (bicyclic) bond motifs is 1. The zero-order valence-electron chi connectivity index (χ0n) is 16.8. The SMILES string of the molecule is C=CCN(c1ccccc1Cl)S(=O)(=O)c1cccc(C(=O)NCc2cn3ccsc3n2)c1. The summed E-state index contributed by atoms with van der Waals surface area (Å²) in [5.41, 5.74) is 1.28. The average Bonchev–Trinajstić information content (AvgIpc) is 3.38. The van der Waals surface area contributed by atoms with Gasteiger partial charge in [0.25, 0.3) is 15.9 Å². The van der Waals surface area contributed by atoms with Crippen molar-refractivity contribution in [2.24, 2.45) is 0 Å². The number of anilines is 1. The van der Waals surface area contributed by atoms with Gasteiger partial charge in [-0.2, -0.15) is 0 Å². The van der Waals surface area contributed by atoms with Gasteiger partial charge in [-0.05, 0) is 30.3 Å². The Kier molecular flexibility index (Phi) is 6.31. The van der Waals surface area contributed by atoms with Crippen molar-refractivity contribution < 1.29 is 13.2 Å². The van der Waals surface area contributed by atoms with Crippen LogP contribution in [0.25, 0.3) is 4.96 Å². The Bertz CT molecular complexity index is 1370. The summed E-state index contributed by atoms with van der Waals surface area (Å²) in [7, 11) is -3.99. The molecular weight excluding hydrogens is 468 g/mol. The number of halogens is 1. The van der Waals surface area contributed by atoms with Crippen LogP contribution in [0.2, 0.25) is 5.02 Å². The van der Waals surface area contributed by atoms with Crippen molar-refractivity contribution in [1.82, 2.24) is 14.7 Å². The largest absolute Gasteiger partial charge is 0.346 e. The zero-order chi connectivity index (χ0) is 22.7. The Morgan fingerprint density at radius 3 is 2.81 bits per heavy atom. The molecule has 0 aliphatic carbocycles. The van der Waals surface area contributed by atoms with E-state index in [4.69, 9.17) is 11.6 Å². The fraction of sp³-hybridized carbons (Fsp3) is 0.0909. The Morgan fingerprint density at radius 2 is 2.06 bits per heavy atom. The maximum atomic E-state index is 13.4. The number of nitrogens with one attached hydrogen (secondary N) is 1. The van der Waals surface area contributed by atoms with Gasteiger partial charge in [-0.15, -0.1) is 17.9 Å². The minimum Gasteiger partial charge on any atom is -0.346 e. The molecule has 0 radical (unpaired) electrons. The number of amides is 1. The van der Waals surface area contributed by atoms with Crippen molar-refractivity contribution in [2.45, 2.75) is 11.4 Å². The van der Waals surface area contributed by atoms with Crippen LogP contribution in [0.4, 0.5) is 5.69 Å². The van der Waals surface area contributed by atoms with Crippen molar-refractivity contribution in [2.75, 3.05) is 10.8 Å². The highest BCUT2D eigenvalue weighted by molar-refractivity contribution is 7.92. The van der Waals surface area contributed by atoms with Gasteiger partial charge < -0.3 is 5.32 Å². The van der Waals surface area contributed by atoms with Crippen LogP contribution >= 0.6 is 22.9 Å². The van der Waals surface area contributed by atoms with Gasteiger partial charge in [-0.1, -0.05) is 35.9 Å². The molecule has 0 fully saturated rings. The molecule has 2 aromatic heterocycles. The van der Waals surface area contributed by atoms with Crippen LogP contribution in [0.15, 0.2) is 83.9 Å². The van der Waals surface area contributed by atoms with Crippen LogP contribution < -0.4 is 9.62 Å². The first kappa shape index (κ1) is 22.1. The molecule has 0 saturated heterocycles. The van der Waals surface area contributed by atoms with Gasteiger partial charge in [-0.25, -0.2) is 13.4 Å². The lowest BCUT2D eigenvalue weighted by atomic mass is 10.2. The number of sulfonamides is 1. The second-order valence-corrected chi connectivity index (χ2v) is 9.95. The van der Waals surface area contributed by atoms with Gasteiger partial charge >= 0.3 is 0 Å². The quantitative estimate of drug-likeness (QED) is 0.375. The first-order valence-corrected chi connectivity index (χ1v) is 12.3. The molecule has 10 heteroatoms. The van der Waals surface area contributed by atoms with Gasteiger partial charge in [0.05, 0.1) is 34.4 Å². The number of carbonyl (C=O) groups excluding carboxylic acids is 1. The smallest absolute Gasteiger partial charge is 0.264 e. The van der Waals surface area contributed by atoms with E-state index in [2.05, 4.69) is 16.9 Å².